The Morgan fingerprint density at radius 1 is 1.02 bits per heavy atom. The maximum atomic E-state index is 13.1. The molecule has 2 aliphatic rings. The fourth-order valence-electron chi connectivity index (χ4n) is 4.96. The molecular formula is C25H31F3N6O20P2. The van der Waals surface area contributed by atoms with Crippen LogP contribution in [0.4, 0.5) is 13.2 Å². The standard InChI is InChI=1S/C25H31F3N6O20P2/c1-10(35)46-9-15-19(48-11(2)36)20(49-12(3)37)18(31-17(39)7-30-33-29)22(51-15)53-56(44,45)54-55(42,43)47-8-13-6-14(52-23(40)25(26,27)28)21(50-13)34-5-4-16(38)32-24(34)41/h4-5,13-15,18-22H,6-9H2,1-3H3,(H,31,39)(H,42,43)(H,44,45)(H,32,38,41)/t13-,14-,15?,18?,19-,20+,21+,22+/m0/s1. The van der Waals surface area contributed by atoms with Crippen molar-refractivity contribution in [3.05, 3.63) is 43.5 Å². The van der Waals surface area contributed by atoms with Gasteiger partial charge >= 0.3 is 51.4 Å². The number of phosphoric acid groups is 2. The van der Waals surface area contributed by atoms with Crippen LogP contribution in [-0.4, -0.2) is 118 Å². The first-order chi connectivity index (χ1) is 25.9. The number of H-pyrrole nitrogens is 1. The zero-order valence-corrected chi connectivity index (χ0v) is 30.5. The van der Waals surface area contributed by atoms with Crippen LogP contribution in [0.15, 0.2) is 27.0 Å². The van der Waals surface area contributed by atoms with Crippen LogP contribution in [0, 0.1) is 0 Å². The quantitative estimate of drug-likeness (QED) is 0.0406. The number of azide groups is 1. The molecule has 0 spiro atoms. The lowest BCUT2D eigenvalue weighted by molar-refractivity contribution is -0.259. The molecule has 0 saturated carbocycles. The maximum Gasteiger partial charge on any atom is 0.490 e. The summed E-state index contributed by atoms with van der Waals surface area (Å²) in [5.74, 6) is -6.96. The molecule has 3 rings (SSSR count). The molecular weight excluding hydrogens is 823 g/mol. The molecule has 0 aromatic carbocycles. The molecule has 312 valence electrons. The summed E-state index contributed by atoms with van der Waals surface area (Å²) < 4.78 is 110. The first-order valence-corrected chi connectivity index (χ1v) is 18.3. The number of carbonyl (C=O) groups is 5. The van der Waals surface area contributed by atoms with E-state index in [4.69, 9.17) is 33.7 Å². The Labute approximate surface area is 309 Å². The van der Waals surface area contributed by atoms with E-state index in [1.807, 2.05) is 0 Å². The maximum absolute atomic E-state index is 13.1. The number of hydrogen-bond donors (Lipinski definition) is 4. The average molecular weight is 854 g/mol. The Morgan fingerprint density at radius 3 is 2.23 bits per heavy atom. The van der Waals surface area contributed by atoms with Gasteiger partial charge in [0.1, 0.15) is 31.4 Å². The minimum Gasteiger partial charge on any atom is -0.463 e. The summed E-state index contributed by atoms with van der Waals surface area (Å²) >= 11 is 0. The number of halogens is 3. The van der Waals surface area contributed by atoms with Gasteiger partial charge in [-0.3, -0.25) is 42.6 Å². The van der Waals surface area contributed by atoms with Crippen LogP contribution in [0.3, 0.4) is 0 Å². The van der Waals surface area contributed by atoms with E-state index in [0.717, 1.165) is 33.0 Å². The average Bonchev–Trinajstić information content (AvgIpc) is 3.45. The van der Waals surface area contributed by atoms with Crippen molar-refractivity contribution in [1.82, 2.24) is 14.9 Å². The lowest BCUT2D eigenvalue weighted by Gasteiger charge is -2.44. The van der Waals surface area contributed by atoms with Crippen molar-refractivity contribution in [3.8, 4) is 0 Å². The van der Waals surface area contributed by atoms with E-state index < -0.39 is 138 Å². The van der Waals surface area contributed by atoms with Crippen LogP contribution in [0.2, 0.25) is 0 Å². The fraction of sp³-hybridized carbons (Fsp3) is 0.640. The van der Waals surface area contributed by atoms with Gasteiger partial charge in [-0.15, -0.1) is 0 Å². The number of alkyl halides is 3. The SMILES string of the molecule is CC(=O)OCC1O[C@H](OP(=O)(O)OP(=O)(O)OC[C@@H]2C[C@H](OC(=O)C(F)(F)F)[C@H](n3ccc(=O)[nH]c3=O)O2)C(NC(=O)CN=[N+]=[N-])[C@@H](OC(C)=O)[C@H]1OC(C)=O. The molecule has 1 aromatic rings. The van der Waals surface area contributed by atoms with Crippen molar-refractivity contribution in [2.24, 2.45) is 5.11 Å². The molecule has 0 radical (unpaired) electrons. The first kappa shape index (κ1) is 45.7. The van der Waals surface area contributed by atoms with Gasteiger partial charge in [-0.2, -0.15) is 17.5 Å². The summed E-state index contributed by atoms with van der Waals surface area (Å²) in [7, 11) is -11.8. The van der Waals surface area contributed by atoms with Gasteiger partial charge in [-0.1, -0.05) is 5.11 Å². The molecule has 4 unspecified atom stereocenters. The van der Waals surface area contributed by atoms with Crippen LogP contribution < -0.4 is 16.6 Å². The van der Waals surface area contributed by atoms with Crippen LogP contribution in [0.25, 0.3) is 10.4 Å². The molecule has 10 atom stereocenters. The number of aromatic nitrogens is 2. The van der Waals surface area contributed by atoms with Gasteiger partial charge in [-0.25, -0.2) is 18.7 Å². The highest BCUT2D eigenvalue weighted by molar-refractivity contribution is 7.61. The highest BCUT2D eigenvalue weighted by Gasteiger charge is 2.54. The molecule has 2 aliphatic heterocycles. The molecule has 4 N–H and O–H groups in total. The van der Waals surface area contributed by atoms with E-state index in [1.165, 1.54) is 0 Å². The summed E-state index contributed by atoms with van der Waals surface area (Å²) in [6, 6.07) is -1.24. The van der Waals surface area contributed by atoms with Crippen molar-refractivity contribution >= 4 is 45.4 Å². The van der Waals surface area contributed by atoms with E-state index in [-0.39, 0.29) is 0 Å². The number of aromatic amines is 1. The van der Waals surface area contributed by atoms with Gasteiger partial charge in [0, 0.05) is 44.4 Å². The second-order valence-electron chi connectivity index (χ2n) is 11.2. The Hall–Kier alpha value is -4.69. The Kier molecular flexibility index (Phi) is 15.5. The van der Waals surface area contributed by atoms with Gasteiger partial charge in [0.2, 0.25) is 5.91 Å². The lowest BCUT2D eigenvalue weighted by atomic mass is 9.96. The zero-order valence-electron chi connectivity index (χ0n) is 28.7. The predicted octanol–water partition coefficient (Wildman–Crippen LogP) is -0.505. The molecule has 0 bridgehead atoms. The van der Waals surface area contributed by atoms with Crippen molar-refractivity contribution in [3.63, 3.8) is 0 Å². The Bertz CT molecular complexity index is 1920. The number of nitrogens with zero attached hydrogens (tertiary/aromatic N) is 4. The molecule has 2 fully saturated rings. The van der Waals surface area contributed by atoms with Crippen LogP contribution >= 0.6 is 15.6 Å². The van der Waals surface area contributed by atoms with E-state index in [0.29, 0.717) is 4.57 Å². The van der Waals surface area contributed by atoms with Gasteiger partial charge in [-0.05, 0) is 5.53 Å². The molecule has 0 aliphatic carbocycles. The number of amides is 1. The molecule has 1 aromatic heterocycles. The van der Waals surface area contributed by atoms with Crippen molar-refractivity contribution in [2.75, 3.05) is 19.8 Å². The summed E-state index contributed by atoms with van der Waals surface area (Å²) in [5, 5.41) is 5.12. The third-order valence-corrected chi connectivity index (χ3v) is 9.53. The fourth-order valence-corrected chi connectivity index (χ4v) is 7.15. The smallest absolute Gasteiger partial charge is 0.463 e. The second-order valence-corrected chi connectivity index (χ2v) is 14.2. The summed E-state index contributed by atoms with van der Waals surface area (Å²) in [4.78, 5) is 108. The molecule has 3 heterocycles. The van der Waals surface area contributed by atoms with Crippen LogP contribution in [0.5, 0.6) is 0 Å². The van der Waals surface area contributed by atoms with Crippen LogP contribution in [-0.2, 0) is 74.9 Å². The number of esters is 4. The van der Waals surface area contributed by atoms with Gasteiger partial charge in [0.05, 0.1) is 12.7 Å². The predicted molar refractivity (Wildman–Crippen MR) is 166 cm³/mol. The summed E-state index contributed by atoms with van der Waals surface area (Å²) in [6.07, 6.45) is -18.7. The zero-order chi connectivity index (χ0) is 42.2. The minimum absolute atomic E-state index is 0.524. The van der Waals surface area contributed by atoms with Gasteiger partial charge in [0.15, 0.2) is 24.7 Å². The first-order valence-electron chi connectivity index (χ1n) is 15.3. The third kappa shape index (κ3) is 13.5. The number of hydrogen-bond acceptors (Lipinski definition) is 19. The van der Waals surface area contributed by atoms with Crippen molar-refractivity contribution in [2.45, 2.75) is 82.4 Å². The number of rotatable bonds is 16. The molecule has 56 heavy (non-hydrogen) atoms. The molecule has 1 amide bonds. The summed E-state index contributed by atoms with van der Waals surface area (Å²) in [6.45, 7) is -0.238. The van der Waals surface area contributed by atoms with Crippen molar-refractivity contribution < 1.29 is 97.8 Å². The second kappa shape index (κ2) is 19.0. The van der Waals surface area contributed by atoms with E-state index in [9.17, 15) is 65.6 Å². The van der Waals surface area contributed by atoms with E-state index in [2.05, 4.69) is 28.9 Å². The van der Waals surface area contributed by atoms with Crippen LogP contribution in [0.1, 0.15) is 33.4 Å². The monoisotopic (exact) mass is 854 g/mol. The van der Waals surface area contributed by atoms with Gasteiger partial charge < -0.3 is 43.5 Å². The molecule has 26 nitrogen and oxygen atoms in total. The Balaban J connectivity index is 1.86. The van der Waals surface area contributed by atoms with Gasteiger partial charge in [0.25, 0.3) is 5.56 Å². The highest BCUT2D eigenvalue weighted by Crippen LogP contribution is 2.61. The van der Waals surface area contributed by atoms with E-state index >= 15 is 0 Å². The lowest BCUT2D eigenvalue weighted by Crippen LogP contribution is -2.66. The topological polar surface area (TPSA) is 359 Å². The minimum atomic E-state index is -6.01. The Morgan fingerprint density at radius 2 is 1.66 bits per heavy atom. The largest absolute Gasteiger partial charge is 0.490 e. The third-order valence-electron chi connectivity index (χ3n) is 6.93. The highest BCUT2D eigenvalue weighted by atomic mass is 31.3. The number of phosphoric ester groups is 2. The van der Waals surface area contributed by atoms with Crippen molar-refractivity contribution in [1.29, 1.82) is 0 Å². The van der Waals surface area contributed by atoms with E-state index in [1.54, 1.807) is 4.98 Å². The molecule has 2 saturated heterocycles. The number of nitrogens with one attached hydrogen (secondary N) is 2. The number of ether oxygens (including phenoxy) is 6. The summed E-state index contributed by atoms with van der Waals surface area (Å²) in [5.41, 5.74) is 6.43. The number of carbonyl (C=O) groups excluding carboxylic acids is 5. The normalized spacial score (nSPS) is 27.0. The molecule has 31 heteroatoms.